The van der Waals surface area contributed by atoms with E-state index in [4.69, 9.17) is 9.84 Å². The van der Waals surface area contributed by atoms with Gasteiger partial charge in [0.2, 0.25) is 5.91 Å². The molecule has 3 aromatic rings. The molecular formula is C26H27N3O5S. The van der Waals surface area contributed by atoms with Crippen LogP contribution in [0.2, 0.25) is 0 Å². The number of rotatable bonds is 9. The van der Waals surface area contributed by atoms with Crippen LogP contribution in [0.1, 0.15) is 65.3 Å². The SMILES string of the molecule is CCC[C@@H](NC(=O)OCC1c2ccccc2-c2ccccc21)C(=O)NC(C)c1nc(C(=O)O)cs1. The van der Waals surface area contributed by atoms with Gasteiger partial charge in [0.05, 0.1) is 6.04 Å². The van der Waals surface area contributed by atoms with Crippen LogP contribution in [-0.2, 0) is 9.53 Å². The van der Waals surface area contributed by atoms with Crippen LogP contribution in [0, 0.1) is 0 Å². The number of amides is 2. The molecule has 35 heavy (non-hydrogen) atoms. The molecular weight excluding hydrogens is 466 g/mol. The molecule has 1 aliphatic carbocycles. The number of aromatic nitrogens is 1. The zero-order chi connectivity index (χ0) is 24.9. The molecule has 0 radical (unpaired) electrons. The molecule has 9 heteroatoms. The van der Waals surface area contributed by atoms with Crippen molar-refractivity contribution < 1.29 is 24.2 Å². The van der Waals surface area contributed by atoms with Crippen molar-refractivity contribution in [1.82, 2.24) is 15.6 Å². The standard InChI is InChI=1S/C26H27N3O5S/c1-3-8-21(23(30)27-15(2)24-28-22(14-35-24)25(31)32)29-26(33)34-13-20-18-11-6-4-9-16(18)17-10-5-7-12-19(17)20/h4-7,9-12,14-15,20-21H,3,8,13H2,1-2H3,(H,27,30)(H,29,33)(H,31,32)/t15?,21-/m1/s1. The summed E-state index contributed by atoms with van der Waals surface area (Å²) in [4.78, 5) is 40.6. The Morgan fingerprint density at radius 2 is 1.69 bits per heavy atom. The molecule has 0 bridgehead atoms. The third-order valence-corrected chi connectivity index (χ3v) is 7.03. The van der Waals surface area contributed by atoms with Crippen molar-refractivity contribution in [2.75, 3.05) is 6.61 Å². The van der Waals surface area contributed by atoms with Crippen LogP contribution in [0.25, 0.3) is 11.1 Å². The quantitative estimate of drug-likeness (QED) is 0.397. The highest BCUT2D eigenvalue weighted by atomic mass is 32.1. The highest BCUT2D eigenvalue weighted by Gasteiger charge is 2.30. The van der Waals surface area contributed by atoms with E-state index in [-0.39, 0.29) is 24.1 Å². The number of nitrogens with zero attached hydrogens (tertiary/aromatic N) is 1. The minimum absolute atomic E-state index is 0.0621. The van der Waals surface area contributed by atoms with Gasteiger partial charge in [-0.2, -0.15) is 0 Å². The van der Waals surface area contributed by atoms with Gasteiger partial charge in [0, 0.05) is 11.3 Å². The van der Waals surface area contributed by atoms with E-state index in [0.29, 0.717) is 17.8 Å². The minimum Gasteiger partial charge on any atom is -0.476 e. The van der Waals surface area contributed by atoms with E-state index in [1.54, 1.807) is 6.92 Å². The fourth-order valence-electron chi connectivity index (χ4n) is 4.30. The number of nitrogens with one attached hydrogen (secondary N) is 2. The van der Waals surface area contributed by atoms with E-state index >= 15 is 0 Å². The molecule has 2 amide bonds. The molecule has 0 saturated heterocycles. The number of benzene rings is 2. The molecule has 1 aliphatic rings. The second-order valence-electron chi connectivity index (χ2n) is 8.42. The van der Waals surface area contributed by atoms with Gasteiger partial charge >= 0.3 is 12.1 Å². The van der Waals surface area contributed by atoms with Gasteiger partial charge in [-0.1, -0.05) is 61.9 Å². The summed E-state index contributed by atoms with van der Waals surface area (Å²) in [6.45, 7) is 3.80. The van der Waals surface area contributed by atoms with E-state index in [1.807, 2.05) is 43.3 Å². The van der Waals surface area contributed by atoms with Gasteiger partial charge in [-0.05, 0) is 35.6 Å². The average molecular weight is 494 g/mol. The largest absolute Gasteiger partial charge is 0.476 e. The molecule has 0 aliphatic heterocycles. The first-order valence-corrected chi connectivity index (χ1v) is 12.4. The van der Waals surface area contributed by atoms with Crippen LogP contribution >= 0.6 is 11.3 Å². The summed E-state index contributed by atoms with van der Waals surface area (Å²) in [5.41, 5.74) is 4.45. The summed E-state index contributed by atoms with van der Waals surface area (Å²) >= 11 is 1.16. The molecule has 8 nitrogen and oxygen atoms in total. The maximum Gasteiger partial charge on any atom is 0.407 e. The minimum atomic E-state index is -1.12. The zero-order valence-electron chi connectivity index (χ0n) is 19.5. The topological polar surface area (TPSA) is 118 Å². The first-order valence-electron chi connectivity index (χ1n) is 11.5. The molecule has 3 N–H and O–H groups in total. The first-order chi connectivity index (χ1) is 16.9. The Morgan fingerprint density at radius 1 is 1.06 bits per heavy atom. The van der Waals surface area contributed by atoms with Crippen LogP contribution in [-0.4, -0.2) is 40.7 Å². The van der Waals surface area contributed by atoms with Crippen LogP contribution < -0.4 is 10.6 Å². The Bertz CT molecular complexity index is 1200. The summed E-state index contributed by atoms with van der Waals surface area (Å²) < 4.78 is 5.58. The lowest BCUT2D eigenvalue weighted by molar-refractivity contribution is -0.123. The lowest BCUT2D eigenvalue weighted by Gasteiger charge is -2.21. The number of fused-ring (bicyclic) bond motifs is 3. The van der Waals surface area contributed by atoms with Crippen molar-refractivity contribution >= 4 is 29.3 Å². The molecule has 2 aromatic carbocycles. The Kier molecular flexibility index (Phi) is 7.45. The zero-order valence-corrected chi connectivity index (χ0v) is 20.3. The average Bonchev–Trinajstić information content (AvgIpc) is 3.46. The lowest BCUT2D eigenvalue weighted by Crippen LogP contribution is -2.47. The number of hydrogen-bond acceptors (Lipinski definition) is 6. The Morgan fingerprint density at radius 3 is 2.26 bits per heavy atom. The van der Waals surface area contributed by atoms with Gasteiger partial charge in [-0.15, -0.1) is 11.3 Å². The van der Waals surface area contributed by atoms with Crippen molar-refractivity contribution in [3.05, 3.63) is 75.7 Å². The fraction of sp³-hybridized carbons (Fsp3) is 0.308. The van der Waals surface area contributed by atoms with E-state index in [1.165, 1.54) is 5.38 Å². The van der Waals surface area contributed by atoms with Crippen molar-refractivity contribution in [3.63, 3.8) is 0 Å². The second-order valence-corrected chi connectivity index (χ2v) is 9.31. The van der Waals surface area contributed by atoms with Crippen molar-refractivity contribution in [2.24, 2.45) is 0 Å². The van der Waals surface area contributed by atoms with E-state index < -0.39 is 24.1 Å². The smallest absolute Gasteiger partial charge is 0.407 e. The van der Waals surface area contributed by atoms with Crippen LogP contribution in [0.15, 0.2) is 53.9 Å². The second kappa shape index (κ2) is 10.7. The molecule has 1 aromatic heterocycles. The number of ether oxygens (including phenoxy) is 1. The van der Waals surface area contributed by atoms with Crippen LogP contribution in [0.4, 0.5) is 4.79 Å². The molecule has 1 heterocycles. The molecule has 0 spiro atoms. The van der Waals surface area contributed by atoms with E-state index in [9.17, 15) is 14.4 Å². The summed E-state index contributed by atoms with van der Waals surface area (Å²) in [7, 11) is 0. The Labute approximate surface area is 207 Å². The predicted molar refractivity (Wildman–Crippen MR) is 133 cm³/mol. The fourth-order valence-corrected chi connectivity index (χ4v) is 5.10. The number of carboxylic acids is 1. The third-order valence-electron chi connectivity index (χ3n) is 6.00. The molecule has 2 atom stereocenters. The van der Waals surface area contributed by atoms with Gasteiger partial charge in [0.25, 0.3) is 0 Å². The number of alkyl carbamates (subject to hydrolysis) is 1. The number of thiazole rings is 1. The predicted octanol–water partition coefficient (Wildman–Crippen LogP) is 4.73. The highest BCUT2D eigenvalue weighted by molar-refractivity contribution is 7.09. The maximum absolute atomic E-state index is 12.9. The van der Waals surface area contributed by atoms with E-state index in [0.717, 1.165) is 33.6 Å². The summed E-state index contributed by atoms with van der Waals surface area (Å²) in [5, 5.41) is 16.5. The van der Waals surface area contributed by atoms with Crippen LogP contribution in [0.3, 0.4) is 0 Å². The van der Waals surface area contributed by atoms with Crippen LogP contribution in [0.5, 0.6) is 0 Å². The van der Waals surface area contributed by atoms with E-state index in [2.05, 4.69) is 27.8 Å². The van der Waals surface area contributed by atoms with Gasteiger partial charge in [0.15, 0.2) is 5.69 Å². The summed E-state index contributed by atoms with van der Waals surface area (Å²) in [6.07, 6.45) is 0.452. The number of hydrogen-bond donors (Lipinski definition) is 3. The number of carbonyl (C=O) groups excluding carboxylic acids is 2. The van der Waals surface area contributed by atoms with Gasteiger partial charge in [-0.3, -0.25) is 4.79 Å². The number of carboxylic acid groups (broad SMARTS) is 1. The Balaban J connectivity index is 1.37. The molecule has 4 rings (SSSR count). The highest BCUT2D eigenvalue weighted by Crippen LogP contribution is 2.44. The Hall–Kier alpha value is -3.72. The normalized spacial score (nSPS) is 13.9. The number of aromatic carboxylic acids is 1. The lowest BCUT2D eigenvalue weighted by atomic mass is 9.98. The van der Waals surface area contributed by atoms with Gasteiger partial charge in [0.1, 0.15) is 17.7 Å². The summed E-state index contributed by atoms with van der Waals surface area (Å²) in [6, 6.07) is 14.9. The third kappa shape index (κ3) is 5.35. The molecule has 182 valence electrons. The van der Waals surface area contributed by atoms with Gasteiger partial charge < -0.3 is 20.5 Å². The number of carbonyl (C=O) groups is 3. The summed E-state index contributed by atoms with van der Waals surface area (Å²) in [5.74, 6) is -1.56. The van der Waals surface area contributed by atoms with Gasteiger partial charge in [-0.25, -0.2) is 14.6 Å². The first kappa shape index (κ1) is 24.4. The molecule has 0 saturated carbocycles. The maximum atomic E-state index is 12.9. The van der Waals surface area contributed by atoms with Crippen molar-refractivity contribution in [3.8, 4) is 11.1 Å². The van der Waals surface area contributed by atoms with Crippen molar-refractivity contribution in [2.45, 2.75) is 44.7 Å². The monoisotopic (exact) mass is 493 g/mol. The molecule has 0 fully saturated rings. The molecule has 1 unspecified atom stereocenters. The van der Waals surface area contributed by atoms with Crippen molar-refractivity contribution in [1.29, 1.82) is 0 Å².